The zero-order valence-corrected chi connectivity index (χ0v) is 26.3. The second kappa shape index (κ2) is 13.5. The summed E-state index contributed by atoms with van der Waals surface area (Å²) in [6.07, 6.45) is 0.743. The first-order chi connectivity index (χ1) is 18.8. The zero-order valence-electron chi connectivity index (χ0n) is 23.9. The minimum absolute atomic E-state index is 0.0635. The van der Waals surface area contributed by atoms with Gasteiger partial charge in [0, 0.05) is 17.1 Å². The van der Waals surface area contributed by atoms with Crippen molar-refractivity contribution in [2.24, 2.45) is 0 Å². The van der Waals surface area contributed by atoms with E-state index < -0.39 is 28.5 Å². The van der Waals surface area contributed by atoms with E-state index in [2.05, 4.69) is 21.2 Å². The number of hydrogen-bond donors (Lipinski definition) is 1. The largest absolute Gasteiger partial charge is 0.352 e. The molecule has 214 valence electrons. The van der Waals surface area contributed by atoms with Gasteiger partial charge in [-0.25, -0.2) is 8.42 Å². The third-order valence-electron chi connectivity index (χ3n) is 6.79. The monoisotopic (exact) mass is 627 g/mol. The van der Waals surface area contributed by atoms with Crippen LogP contribution in [0.4, 0.5) is 5.69 Å². The molecule has 0 unspecified atom stereocenters. The molecule has 40 heavy (non-hydrogen) atoms. The molecule has 1 N–H and O–H groups in total. The zero-order chi connectivity index (χ0) is 29.6. The molecule has 0 fully saturated rings. The minimum Gasteiger partial charge on any atom is -0.352 e. The molecule has 0 aromatic heterocycles. The van der Waals surface area contributed by atoms with Gasteiger partial charge in [-0.1, -0.05) is 58.7 Å². The van der Waals surface area contributed by atoms with E-state index in [0.717, 1.165) is 37.5 Å². The van der Waals surface area contributed by atoms with Crippen LogP contribution in [0.15, 0.2) is 76.1 Å². The second-order valence-electron chi connectivity index (χ2n) is 10.3. The van der Waals surface area contributed by atoms with E-state index in [1.807, 2.05) is 65.0 Å². The topological polar surface area (TPSA) is 86.8 Å². The van der Waals surface area contributed by atoms with Crippen LogP contribution in [0.2, 0.25) is 0 Å². The van der Waals surface area contributed by atoms with Crippen molar-refractivity contribution in [3.63, 3.8) is 0 Å². The number of hydrogen-bond acceptors (Lipinski definition) is 4. The molecule has 0 saturated carbocycles. The van der Waals surface area contributed by atoms with Gasteiger partial charge in [-0.15, -0.1) is 0 Å². The number of nitrogens with one attached hydrogen (secondary N) is 1. The molecular weight excluding hydrogens is 590 g/mol. The summed E-state index contributed by atoms with van der Waals surface area (Å²) in [6, 6.07) is 18.6. The Kier molecular flexibility index (Phi) is 10.6. The van der Waals surface area contributed by atoms with Crippen molar-refractivity contribution in [1.82, 2.24) is 10.2 Å². The number of sulfonamides is 1. The summed E-state index contributed by atoms with van der Waals surface area (Å²) < 4.78 is 30.0. The number of nitrogens with zero attached hydrogens (tertiary/aromatic N) is 2. The van der Waals surface area contributed by atoms with Crippen molar-refractivity contribution in [3.8, 4) is 0 Å². The fraction of sp³-hybridized carbons (Fsp3) is 0.355. The van der Waals surface area contributed by atoms with Crippen LogP contribution in [0, 0.1) is 20.8 Å². The van der Waals surface area contributed by atoms with Gasteiger partial charge in [0.1, 0.15) is 12.6 Å². The van der Waals surface area contributed by atoms with Crippen LogP contribution in [0.5, 0.6) is 0 Å². The summed E-state index contributed by atoms with van der Waals surface area (Å²) in [4.78, 5) is 28.7. The maximum absolute atomic E-state index is 14.0. The molecule has 3 aromatic rings. The van der Waals surface area contributed by atoms with Gasteiger partial charge < -0.3 is 10.2 Å². The molecular formula is C31H38BrN3O4S. The number of aryl methyl sites for hydroxylation is 3. The quantitative estimate of drug-likeness (QED) is 0.287. The standard InChI is InChI=1S/C31H38BrN3O4S/c1-7-24(5)33-31(37)25(6)34(19-26-9-8-10-27(32)18-26)30(36)20-35(28-16-22(3)15-23(4)17-28)40(38,39)29-13-11-21(2)12-14-29/h8-18,24-25H,7,19-20H2,1-6H3,(H,33,37)/t24-,25+/m0/s1. The summed E-state index contributed by atoms with van der Waals surface area (Å²) in [7, 11) is -4.10. The number of rotatable bonds is 11. The molecule has 0 bridgehead atoms. The Morgan fingerprint density at radius 2 is 1.52 bits per heavy atom. The number of anilines is 1. The molecule has 7 nitrogen and oxygen atoms in total. The van der Waals surface area contributed by atoms with Gasteiger partial charge in [-0.3, -0.25) is 13.9 Å². The van der Waals surface area contributed by atoms with Crippen molar-refractivity contribution in [1.29, 1.82) is 0 Å². The maximum atomic E-state index is 14.0. The summed E-state index contributed by atoms with van der Waals surface area (Å²) in [5.41, 5.74) is 3.88. The van der Waals surface area contributed by atoms with Crippen LogP contribution < -0.4 is 9.62 Å². The summed E-state index contributed by atoms with van der Waals surface area (Å²) >= 11 is 3.47. The highest BCUT2D eigenvalue weighted by Crippen LogP contribution is 2.27. The number of benzene rings is 3. The highest BCUT2D eigenvalue weighted by Gasteiger charge is 2.33. The van der Waals surface area contributed by atoms with E-state index in [-0.39, 0.29) is 23.4 Å². The maximum Gasteiger partial charge on any atom is 0.264 e. The molecule has 3 rings (SSSR count). The van der Waals surface area contributed by atoms with Gasteiger partial charge in [-0.05, 0) is 94.1 Å². The molecule has 2 amide bonds. The fourth-order valence-corrected chi connectivity index (χ4v) is 6.19. The lowest BCUT2D eigenvalue weighted by atomic mass is 10.1. The third-order valence-corrected chi connectivity index (χ3v) is 9.07. The lowest BCUT2D eigenvalue weighted by Crippen LogP contribution is -2.52. The molecule has 0 aliphatic heterocycles. The highest BCUT2D eigenvalue weighted by atomic mass is 79.9. The number of halogens is 1. The third kappa shape index (κ3) is 7.95. The first kappa shape index (κ1) is 31.4. The molecule has 2 atom stereocenters. The average molecular weight is 629 g/mol. The van der Waals surface area contributed by atoms with Gasteiger partial charge in [0.2, 0.25) is 11.8 Å². The van der Waals surface area contributed by atoms with E-state index in [9.17, 15) is 18.0 Å². The molecule has 0 radical (unpaired) electrons. The van der Waals surface area contributed by atoms with Gasteiger partial charge in [0.15, 0.2) is 0 Å². The molecule has 0 aliphatic carbocycles. The fourth-order valence-electron chi connectivity index (χ4n) is 4.34. The Morgan fingerprint density at radius 3 is 2.10 bits per heavy atom. The van der Waals surface area contributed by atoms with E-state index in [1.165, 1.54) is 4.90 Å². The van der Waals surface area contributed by atoms with Crippen LogP contribution in [-0.4, -0.2) is 43.8 Å². The van der Waals surface area contributed by atoms with E-state index >= 15 is 0 Å². The average Bonchev–Trinajstić information content (AvgIpc) is 2.89. The van der Waals surface area contributed by atoms with E-state index in [1.54, 1.807) is 43.3 Å². The number of carbonyl (C=O) groups is 2. The Bertz CT molecular complexity index is 1440. The first-order valence-corrected chi connectivity index (χ1v) is 15.6. The predicted molar refractivity (Wildman–Crippen MR) is 164 cm³/mol. The molecule has 3 aromatic carbocycles. The van der Waals surface area contributed by atoms with Crippen molar-refractivity contribution in [2.75, 3.05) is 10.8 Å². The second-order valence-corrected chi connectivity index (χ2v) is 13.1. The van der Waals surface area contributed by atoms with Gasteiger partial charge in [-0.2, -0.15) is 0 Å². The first-order valence-electron chi connectivity index (χ1n) is 13.3. The van der Waals surface area contributed by atoms with Gasteiger partial charge in [0.05, 0.1) is 10.6 Å². The lowest BCUT2D eigenvalue weighted by molar-refractivity contribution is -0.139. The van der Waals surface area contributed by atoms with Crippen molar-refractivity contribution < 1.29 is 18.0 Å². The number of carbonyl (C=O) groups excluding carboxylic acids is 2. The Morgan fingerprint density at radius 1 is 0.900 bits per heavy atom. The van der Waals surface area contributed by atoms with Crippen LogP contribution in [0.25, 0.3) is 0 Å². The van der Waals surface area contributed by atoms with Crippen molar-refractivity contribution in [2.45, 2.75) is 71.5 Å². The van der Waals surface area contributed by atoms with Crippen LogP contribution >= 0.6 is 15.9 Å². The normalized spacial score (nSPS) is 12.9. The molecule has 9 heteroatoms. The van der Waals surface area contributed by atoms with E-state index in [0.29, 0.717) is 5.69 Å². The van der Waals surface area contributed by atoms with Crippen LogP contribution in [0.3, 0.4) is 0 Å². The molecule has 0 heterocycles. The summed E-state index contributed by atoms with van der Waals surface area (Å²) in [5.74, 6) is -0.779. The predicted octanol–water partition coefficient (Wildman–Crippen LogP) is 5.90. The Labute approximate surface area is 246 Å². The lowest BCUT2D eigenvalue weighted by Gasteiger charge is -2.32. The van der Waals surface area contributed by atoms with E-state index in [4.69, 9.17) is 0 Å². The summed E-state index contributed by atoms with van der Waals surface area (Å²) in [6.45, 7) is 10.9. The SMILES string of the molecule is CC[C@H](C)NC(=O)[C@@H](C)N(Cc1cccc(Br)c1)C(=O)CN(c1cc(C)cc(C)c1)S(=O)(=O)c1ccc(C)cc1. The van der Waals surface area contributed by atoms with Gasteiger partial charge >= 0.3 is 0 Å². The minimum atomic E-state index is -4.10. The summed E-state index contributed by atoms with van der Waals surface area (Å²) in [5, 5.41) is 2.95. The van der Waals surface area contributed by atoms with Gasteiger partial charge in [0.25, 0.3) is 10.0 Å². The molecule has 0 aliphatic rings. The van der Waals surface area contributed by atoms with Crippen LogP contribution in [0.1, 0.15) is 49.4 Å². The smallest absolute Gasteiger partial charge is 0.264 e. The van der Waals surface area contributed by atoms with Crippen LogP contribution in [-0.2, 0) is 26.2 Å². The Hall–Kier alpha value is -3.17. The molecule has 0 saturated heterocycles. The van der Waals surface area contributed by atoms with Crippen molar-refractivity contribution in [3.05, 3.63) is 93.5 Å². The van der Waals surface area contributed by atoms with Crippen molar-refractivity contribution >= 4 is 43.5 Å². The molecule has 0 spiro atoms. The number of amides is 2. The highest BCUT2D eigenvalue weighted by molar-refractivity contribution is 9.10. The Balaban J connectivity index is 2.06.